The predicted octanol–water partition coefficient (Wildman–Crippen LogP) is 1.51. The third-order valence-electron chi connectivity index (χ3n) is 4.28. The zero-order chi connectivity index (χ0) is 14.0. The van der Waals surface area contributed by atoms with Crippen LogP contribution in [0.15, 0.2) is 0 Å². The van der Waals surface area contributed by atoms with Crippen LogP contribution in [0.3, 0.4) is 0 Å². The van der Waals surface area contributed by atoms with Gasteiger partial charge in [0.25, 0.3) is 5.82 Å². The second-order valence-electron chi connectivity index (χ2n) is 5.55. The van der Waals surface area contributed by atoms with Crippen molar-refractivity contribution in [3.05, 3.63) is 5.82 Å². The zero-order valence-electron chi connectivity index (χ0n) is 11.7. The van der Waals surface area contributed by atoms with E-state index in [0.29, 0.717) is 13.2 Å². The van der Waals surface area contributed by atoms with E-state index >= 15 is 0 Å². The molecule has 0 amide bonds. The van der Waals surface area contributed by atoms with E-state index in [1.54, 1.807) is 11.6 Å². The Morgan fingerprint density at radius 2 is 2.30 bits per heavy atom. The largest absolute Gasteiger partial charge is 0.460 e. The summed E-state index contributed by atoms with van der Waals surface area (Å²) in [6.45, 7) is 2.80. The molecule has 1 spiro atoms. The molecule has 2 fully saturated rings. The summed E-state index contributed by atoms with van der Waals surface area (Å²) >= 11 is 0. The fraction of sp³-hybridized carbons (Fsp3) is 0.846. The zero-order valence-corrected chi connectivity index (χ0v) is 11.7. The van der Waals surface area contributed by atoms with Crippen molar-refractivity contribution in [2.24, 2.45) is 0 Å². The van der Waals surface area contributed by atoms with Crippen LogP contribution in [0.4, 0.5) is 0 Å². The first-order chi connectivity index (χ1) is 9.74. The van der Waals surface area contributed by atoms with E-state index in [1.165, 1.54) is 12.8 Å². The van der Waals surface area contributed by atoms with Gasteiger partial charge in [0.2, 0.25) is 0 Å². The van der Waals surface area contributed by atoms with Gasteiger partial charge in [-0.2, -0.15) is 0 Å². The highest BCUT2D eigenvalue weighted by Gasteiger charge is 2.41. The summed E-state index contributed by atoms with van der Waals surface area (Å²) in [6, 6.07) is 0.122. The molecule has 2 aliphatic rings. The highest BCUT2D eigenvalue weighted by atomic mass is 16.5. The third-order valence-corrected chi connectivity index (χ3v) is 4.28. The van der Waals surface area contributed by atoms with E-state index in [9.17, 15) is 4.79 Å². The molecule has 2 heterocycles. The summed E-state index contributed by atoms with van der Waals surface area (Å²) in [5, 5.41) is 11.4. The number of carbonyl (C=O) groups excluding carboxylic acids is 1. The quantitative estimate of drug-likeness (QED) is 0.781. The lowest BCUT2D eigenvalue weighted by molar-refractivity contribution is -0.0915. The number of hydrogen-bond donors (Lipinski definition) is 0. The van der Waals surface area contributed by atoms with E-state index in [2.05, 4.69) is 15.5 Å². The average molecular weight is 280 g/mol. The molecule has 0 bridgehead atoms. The highest BCUT2D eigenvalue weighted by Crippen LogP contribution is 2.43. The topological polar surface area (TPSA) is 79.1 Å². The van der Waals surface area contributed by atoms with Crippen LogP contribution in [-0.2, 0) is 9.47 Å². The van der Waals surface area contributed by atoms with Gasteiger partial charge in [0, 0.05) is 6.61 Å². The molecule has 1 aromatic heterocycles. The first-order valence-corrected chi connectivity index (χ1v) is 7.33. The Labute approximate surface area is 117 Å². The van der Waals surface area contributed by atoms with Crippen LogP contribution in [0.1, 0.15) is 62.1 Å². The maximum absolute atomic E-state index is 11.9. The van der Waals surface area contributed by atoms with Gasteiger partial charge in [-0.1, -0.05) is 12.8 Å². The smallest absolute Gasteiger partial charge is 0.378 e. The van der Waals surface area contributed by atoms with Crippen molar-refractivity contribution >= 4 is 5.97 Å². The molecule has 7 heteroatoms. The van der Waals surface area contributed by atoms with Gasteiger partial charge in [-0.25, -0.2) is 9.48 Å². The van der Waals surface area contributed by atoms with Crippen molar-refractivity contribution in [3.8, 4) is 0 Å². The second kappa shape index (κ2) is 5.47. The lowest BCUT2D eigenvalue weighted by Crippen LogP contribution is -2.39. The minimum absolute atomic E-state index is 0.0270. The second-order valence-corrected chi connectivity index (χ2v) is 5.55. The number of ether oxygens (including phenoxy) is 2. The van der Waals surface area contributed by atoms with Gasteiger partial charge in [-0.15, -0.1) is 5.10 Å². The lowest BCUT2D eigenvalue weighted by atomic mass is 9.89. The number of rotatable bonds is 3. The Bertz CT molecular complexity index is 482. The van der Waals surface area contributed by atoms with Gasteiger partial charge < -0.3 is 9.47 Å². The van der Waals surface area contributed by atoms with Gasteiger partial charge in [-0.3, -0.25) is 0 Å². The molecule has 0 radical (unpaired) electrons. The van der Waals surface area contributed by atoms with Gasteiger partial charge in [0.05, 0.1) is 18.2 Å². The molecule has 110 valence electrons. The van der Waals surface area contributed by atoms with E-state index in [1.807, 2.05) is 0 Å². The van der Waals surface area contributed by atoms with Crippen LogP contribution in [-0.4, -0.2) is 45.0 Å². The summed E-state index contributed by atoms with van der Waals surface area (Å²) < 4.78 is 12.6. The Morgan fingerprint density at radius 1 is 1.50 bits per heavy atom. The molecule has 1 aliphatic heterocycles. The van der Waals surface area contributed by atoms with Crippen molar-refractivity contribution in [2.75, 3.05) is 13.2 Å². The summed E-state index contributed by atoms with van der Waals surface area (Å²) in [5.41, 5.74) is -0.0270. The first-order valence-electron chi connectivity index (χ1n) is 7.33. The molecule has 1 saturated heterocycles. The monoisotopic (exact) mass is 280 g/mol. The number of nitrogens with zero attached hydrogens (tertiary/aromatic N) is 4. The van der Waals surface area contributed by atoms with Crippen LogP contribution < -0.4 is 0 Å². The molecule has 1 atom stereocenters. The molecule has 1 unspecified atom stereocenters. The van der Waals surface area contributed by atoms with Crippen molar-refractivity contribution in [1.82, 2.24) is 20.2 Å². The molecule has 20 heavy (non-hydrogen) atoms. The Kier molecular flexibility index (Phi) is 3.69. The van der Waals surface area contributed by atoms with Crippen molar-refractivity contribution in [3.63, 3.8) is 0 Å². The molecular formula is C13H20N4O3. The molecule has 1 aliphatic carbocycles. The number of aromatic nitrogens is 4. The molecule has 3 rings (SSSR count). The number of hydrogen-bond acceptors (Lipinski definition) is 6. The van der Waals surface area contributed by atoms with E-state index in [0.717, 1.165) is 25.7 Å². The van der Waals surface area contributed by atoms with Crippen molar-refractivity contribution in [1.29, 1.82) is 0 Å². The first kappa shape index (κ1) is 13.5. The fourth-order valence-corrected chi connectivity index (χ4v) is 3.35. The van der Waals surface area contributed by atoms with Gasteiger partial charge in [0.1, 0.15) is 0 Å². The molecule has 7 nitrogen and oxygen atoms in total. The Hall–Kier alpha value is -1.50. The molecule has 0 N–H and O–H groups in total. The number of esters is 1. The third kappa shape index (κ3) is 2.42. The van der Waals surface area contributed by atoms with Crippen LogP contribution in [0.25, 0.3) is 0 Å². The minimum Gasteiger partial charge on any atom is -0.460 e. The maximum atomic E-state index is 11.9. The van der Waals surface area contributed by atoms with Gasteiger partial charge in [0.15, 0.2) is 0 Å². The average Bonchev–Trinajstić information content (AvgIpc) is 3.09. The van der Waals surface area contributed by atoms with Gasteiger partial charge >= 0.3 is 5.97 Å². The number of carbonyl (C=O) groups is 1. The lowest BCUT2D eigenvalue weighted by Gasteiger charge is -2.38. The molecule has 1 aromatic rings. The summed E-state index contributed by atoms with van der Waals surface area (Å²) in [7, 11) is 0. The Balaban J connectivity index is 1.79. The summed E-state index contributed by atoms with van der Waals surface area (Å²) in [4.78, 5) is 11.9. The van der Waals surface area contributed by atoms with Gasteiger partial charge in [-0.05, 0) is 43.0 Å². The standard InChI is InChI=1S/C13H20N4O3/c1-2-19-12(18)11-14-15-16-17(11)10-5-8-20-13(9-10)6-3-4-7-13/h10H,2-9H2,1H3. The van der Waals surface area contributed by atoms with Crippen LogP contribution in [0.2, 0.25) is 0 Å². The normalized spacial score (nSPS) is 24.9. The molecular weight excluding hydrogens is 260 g/mol. The van der Waals surface area contributed by atoms with Crippen LogP contribution in [0.5, 0.6) is 0 Å². The van der Waals surface area contributed by atoms with E-state index in [4.69, 9.17) is 9.47 Å². The molecule has 0 aromatic carbocycles. The highest BCUT2D eigenvalue weighted by molar-refractivity contribution is 5.85. The van der Waals surface area contributed by atoms with E-state index < -0.39 is 5.97 Å². The Morgan fingerprint density at radius 3 is 3.05 bits per heavy atom. The fourth-order valence-electron chi connectivity index (χ4n) is 3.35. The summed E-state index contributed by atoms with van der Waals surface area (Å²) in [5.74, 6) is -0.253. The van der Waals surface area contributed by atoms with Crippen molar-refractivity contribution in [2.45, 2.75) is 57.1 Å². The minimum atomic E-state index is -0.454. The molecule has 1 saturated carbocycles. The number of tetrazole rings is 1. The van der Waals surface area contributed by atoms with Crippen LogP contribution in [0, 0.1) is 0 Å². The predicted molar refractivity (Wildman–Crippen MR) is 69.2 cm³/mol. The van der Waals surface area contributed by atoms with E-state index in [-0.39, 0.29) is 17.5 Å². The SMILES string of the molecule is CCOC(=O)c1nnnn1C1CCOC2(CCCC2)C1. The summed E-state index contributed by atoms with van der Waals surface area (Å²) in [6.07, 6.45) is 6.34. The van der Waals surface area contributed by atoms with Crippen molar-refractivity contribution < 1.29 is 14.3 Å². The van der Waals surface area contributed by atoms with Crippen LogP contribution >= 0.6 is 0 Å². The maximum Gasteiger partial charge on any atom is 0.378 e.